The smallest absolute Gasteiger partial charge is 0.270 e. The summed E-state index contributed by atoms with van der Waals surface area (Å²) < 4.78 is 1.79. The zero-order chi connectivity index (χ0) is 18.0. The zero-order valence-electron chi connectivity index (χ0n) is 15.2. The fourth-order valence-corrected chi connectivity index (χ4v) is 2.66. The van der Waals surface area contributed by atoms with E-state index in [2.05, 4.69) is 48.3 Å². The summed E-state index contributed by atoms with van der Waals surface area (Å²) in [5.74, 6) is -0.153. The van der Waals surface area contributed by atoms with Gasteiger partial charge in [-0.2, -0.15) is 5.10 Å². The molecule has 1 N–H and O–H groups in total. The van der Waals surface area contributed by atoms with E-state index in [1.54, 1.807) is 10.6 Å². The average molecular weight is 336 g/mol. The van der Waals surface area contributed by atoms with Gasteiger partial charge in [-0.3, -0.25) is 4.79 Å². The van der Waals surface area contributed by atoms with E-state index in [0.717, 1.165) is 17.8 Å². The number of aromatic nitrogens is 3. The molecule has 0 bridgehead atoms. The lowest BCUT2D eigenvalue weighted by molar-refractivity contribution is 0.0949. The van der Waals surface area contributed by atoms with E-state index in [1.165, 1.54) is 5.56 Å². The number of nitrogens with one attached hydrogen (secondary N) is 1. The van der Waals surface area contributed by atoms with Crippen molar-refractivity contribution in [3.63, 3.8) is 0 Å². The van der Waals surface area contributed by atoms with E-state index >= 15 is 0 Å². The molecule has 0 atom stereocenters. The molecule has 0 saturated heterocycles. The summed E-state index contributed by atoms with van der Waals surface area (Å²) in [6.45, 7) is 8.86. The van der Waals surface area contributed by atoms with Crippen LogP contribution in [0.3, 0.4) is 0 Å². The number of benzene rings is 1. The lowest BCUT2D eigenvalue weighted by atomic mass is 9.93. The lowest BCUT2D eigenvalue weighted by Gasteiger charge is -2.13. The Morgan fingerprint density at radius 1 is 1.16 bits per heavy atom. The van der Waals surface area contributed by atoms with Crippen LogP contribution in [0.2, 0.25) is 0 Å². The van der Waals surface area contributed by atoms with Crippen molar-refractivity contribution in [1.82, 2.24) is 19.9 Å². The largest absolute Gasteiger partial charge is 0.350 e. The van der Waals surface area contributed by atoms with Gasteiger partial charge in [0.25, 0.3) is 5.91 Å². The van der Waals surface area contributed by atoms with Gasteiger partial charge >= 0.3 is 0 Å². The molecule has 0 spiro atoms. The molecule has 25 heavy (non-hydrogen) atoms. The second kappa shape index (κ2) is 6.67. The number of nitrogens with zero attached hydrogens (tertiary/aromatic N) is 3. The van der Waals surface area contributed by atoms with Crippen LogP contribution in [0.4, 0.5) is 0 Å². The highest BCUT2D eigenvalue weighted by molar-refractivity contribution is 5.92. The molecule has 1 amide bonds. The van der Waals surface area contributed by atoms with Crippen LogP contribution in [-0.2, 0) is 11.8 Å². The van der Waals surface area contributed by atoms with Gasteiger partial charge in [0, 0.05) is 23.7 Å². The first-order valence-electron chi connectivity index (χ1n) is 8.54. The van der Waals surface area contributed by atoms with Gasteiger partial charge in [-0.15, -0.1) is 0 Å². The summed E-state index contributed by atoms with van der Waals surface area (Å²) in [6, 6.07) is 13.8. The number of hydrogen-bond donors (Lipinski definition) is 1. The van der Waals surface area contributed by atoms with Crippen LogP contribution in [0.15, 0.2) is 42.5 Å². The normalized spacial score (nSPS) is 11.7. The molecule has 5 nitrogen and oxygen atoms in total. The van der Waals surface area contributed by atoms with Gasteiger partial charge in [-0.25, -0.2) is 9.50 Å². The third-order valence-corrected chi connectivity index (χ3v) is 4.15. The first kappa shape index (κ1) is 17.1. The Balaban J connectivity index is 1.75. The average Bonchev–Trinajstić information content (AvgIpc) is 3.01. The molecular weight excluding hydrogens is 312 g/mol. The molecule has 2 aromatic heterocycles. The van der Waals surface area contributed by atoms with Crippen molar-refractivity contribution in [2.45, 2.75) is 39.5 Å². The monoisotopic (exact) mass is 336 g/mol. The van der Waals surface area contributed by atoms with Crippen LogP contribution in [0, 0.1) is 6.92 Å². The van der Waals surface area contributed by atoms with Crippen LogP contribution in [0.25, 0.3) is 5.65 Å². The molecule has 0 aliphatic heterocycles. The number of carbonyl (C=O) groups is 1. The van der Waals surface area contributed by atoms with Crippen LogP contribution in [-0.4, -0.2) is 27.0 Å². The highest BCUT2D eigenvalue weighted by Gasteiger charge is 2.20. The van der Waals surface area contributed by atoms with E-state index in [-0.39, 0.29) is 11.3 Å². The topological polar surface area (TPSA) is 59.3 Å². The number of hydrogen-bond acceptors (Lipinski definition) is 3. The highest BCUT2D eigenvalue weighted by Crippen LogP contribution is 2.22. The van der Waals surface area contributed by atoms with E-state index in [0.29, 0.717) is 17.9 Å². The first-order valence-corrected chi connectivity index (χ1v) is 8.54. The Bertz CT molecular complexity index is 891. The van der Waals surface area contributed by atoms with Gasteiger partial charge in [0.1, 0.15) is 5.69 Å². The summed E-state index contributed by atoms with van der Waals surface area (Å²) in [6.07, 6.45) is 0.800. The predicted molar refractivity (Wildman–Crippen MR) is 98.9 cm³/mol. The standard InChI is InChI=1S/C20H24N4O/c1-14-12-16(19(25)21-11-10-15-8-6-5-7-9-15)22-18-13-17(20(2,3)4)23-24(14)18/h5-9,12-13H,10-11H2,1-4H3,(H,21,25). The minimum atomic E-state index is -0.153. The van der Waals surface area contributed by atoms with Crippen LogP contribution in [0.1, 0.15) is 48.2 Å². The van der Waals surface area contributed by atoms with Crippen LogP contribution >= 0.6 is 0 Å². The summed E-state index contributed by atoms with van der Waals surface area (Å²) in [7, 11) is 0. The second-order valence-electron chi connectivity index (χ2n) is 7.32. The molecule has 0 aliphatic carbocycles. The maximum absolute atomic E-state index is 12.4. The molecule has 3 aromatic rings. The van der Waals surface area contributed by atoms with E-state index in [4.69, 9.17) is 0 Å². The molecule has 2 heterocycles. The van der Waals surface area contributed by atoms with Crippen molar-refractivity contribution in [3.8, 4) is 0 Å². The summed E-state index contributed by atoms with van der Waals surface area (Å²) >= 11 is 0. The van der Waals surface area contributed by atoms with Crippen LogP contribution < -0.4 is 5.32 Å². The van der Waals surface area contributed by atoms with Gasteiger partial charge in [0.15, 0.2) is 5.65 Å². The number of rotatable bonds is 4. The Labute approximate surface area is 148 Å². The molecule has 0 aliphatic rings. The maximum Gasteiger partial charge on any atom is 0.270 e. The van der Waals surface area contributed by atoms with Crippen LogP contribution in [0.5, 0.6) is 0 Å². The van der Waals surface area contributed by atoms with E-state index in [9.17, 15) is 4.79 Å². The van der Waals surface area contributed by atoms with Crippen molar-refractivity contribution >= 4 is 11.6 Å². The molecule has 0 saturated carbocycles. The first-order chi connectivity index (χ1) is 11.8. The van der Waals surface area contributed by atoms with Gasteiger partial charge < -0.3 is 5.32 Å². The lowest BCUT2D eigenvalue weighted by Crippen LogP contribution is -2.27. The Kier molecular flexibility index (Phi) is 4.57. The molecular formula is C20H24N4O. The Morgan fingerprint density at radius 3 is 2.56 bits per heavy atom. The fourth-order valence-electron chi connectivity index (χ4n) is 2.66. The second-order valence-corrected chi connectivity index (χ2v) is 7.32. The number of amides is 1. The molecule has 0 radical (unpaired) electrons. The quantitative estimate of drug-likeness (QED) is 0.795. The van der Waals surface area contributed by atoms with Crippen molar-refractivity contribution in [2.75, 3.05) is 6.54 Å². The summed E-state index contributed by atoms with van der Waals surface area (Å²) in [5.41, 5.74) is 4.14. The Hall–Kier alpha value is -2.69. The van der Waals surface area contributed by atoms with E-state index < -0.39 is 0 Å². The molecule has 5 heteroatoms. The van der Waals surface area contributed by atoms with Gasteiger partial charge in [-0.05, 0) is 25.0 Å². The molecule has 0 unspecified atom stereocenters. The number of aryl methyl sites for hydroxylation is 1. The van der Waals surface area contributed by atoms with Crippen molar-refractivity contribution in [2.24, 2.45) is 0 Å². The summed E-state index contributed by atoms with van der Waals surface area (Å²) in [5, 5.41) is 7.55. The van der Waals surface area contributed by atoms with Gasteiger partial charge in [-0.1, -0.05) is 51.1 Å². The summed E-state index contributed by atoms with van der Waals surface area (Å²) in [4.78, 5) is 16.9. The maximum atomic E-state index is 12.4. The molecule has 3 rings (SSSR count). The van der Waals surface area contributed by atoms with Crippen molar-refractivity contribution in [3.05, 3.63) is 65.1 Å². The zero-order valence-corrected chi connectivity index (χ0v) is 15.2. The molecule has 1 aromatic carbocycles. The Morgan fingerprint density at radius 2 is 1.88 bits per heavy atom. The number of fused-ring (bicyclic) bond motifs is 1. The highest BCUT2D eigenvalue weighted by atomic mass is 16.1. The van der Waals surface area contributed by atoms with E-state index in [1.807, 2.05) is 31.2 Å². The van der Waals surface area contributed by atoms with Crippen molar-refractivity contribution < 1.29 is 4.79 Å². The third kappa shape index (κ3) is 3.87. The third-order valence-electron chi connectivity index (χ3n) is 4.15. The molecule has 130 valence electrons. The minimum absolute atomic E-state index is 0.0573. The predicted octanol–water partition coefficient (Wildman–Crippen LogP) is 3.31. The fraction of sp³-hybridized carbons (Fsp3) is 0.350. The van der Waals surface area contributed by atoms with Gasteiger partial charge in [0.05, 0.1) is 5.69 Å². The number of carbonyl (C=O) groups excluding carboxylic acids is 1. The minimum Gasteiger partial charge on any atom is -0.350 e. The van der Waals surface area contributed by atoms with Gasteiger partial charge in [0.2, 0.25) is 0 Å². The molecule has 0 fully saturated rings. The van der Waals surface area contributed by atoms with Crippen molar-refractivity contribution in [1.29, 1.82) is 0 Å². The SMILES string of the molecule is Cc1cc(C(=O)NCCc2ccccc2)nc2cc(C(C)(C)C)nn12.